The summed E-state index contributed by atoms with van der Waals surface area (Å²) in [5.74, 6) is -0.962. The summed E-state index contributed by atoms with van der Waals surface area (Å²) in [6.45, 7) is 9.53. The van der Waals surface area contributed by atoms with E-state index in [1.54, 1.807) is 0 Å². The van der Waals surface area contributed by atoms with E-state index in [4.69, 9.17) is 4.55 Å². The van der Waals surface area contributed by atoms with Gasteiger partial charge in [-0.25, -0.2) is 0 Å². The van der Waals surface area contributed by atoms with Gasteiger partial charge in [-0.15, -0.1) is 0 Å². The first-order valence-electron chi connectivity index (χ1n) is 9.58. The number of nitrogens with one attached hydrogen (secondary N) is 3. The van der Waals surface area contributed by atoms with Crippen LogP contribution < -0.4 is 10.6 Å². The molecule has 0 fully saturated rings. The van der Waals surface area contributed by atoms with Crippen LogP contribution in [0.1, 0.15) is 62.0 Å². The number of aryl methyl sites for hydroxylation is 1. The Morgan fingerprint density at radius 2 is 1.93 bits per heavy atom. The summed E-state index contributed by atoms with van der Waals surface area (Å²) >= 11 is 0. The highest BCUT2D eigenvalue weighted by Crippen LogP contribution is 2.31. The Labute approximate surface area is 171 Å². The Balaban J connectivity index is 2.16. The van der Waals surface area contributed by atoms with Crippen molar-refractivity contribution in [2.45, 2.75) is 53.4 Å². The van der Waals surface area contributed by atoms with E-state index < -0.39 is 15.9 Å². The molecule has 29 heavy (non-hydrogen) atoms. The molecule has 0 aromatic carbocycles. The first kappa shape index (κ1) is 22.9. The number of hydrogen-bond acceptors (Lipinski definition) is 4. The molecule has 0 spiro atoms. The number of amides is 2. The average Bonchev–Trinajstić information content (AvgIpc) is 3.02. The lowest BCUT2D eigenvalue weighted by Gasteiger charge is -2.13. The van der Waals surface area contributed by atoms with Gasteiger partial charge in [-0.1, -0.05) is 13.8 Å². The first-order chi connectivity index (χ1) is 13.4. The Hall–Kier alpha value is -2.39. The average molecular weight is 424 g/mol. The standard InChI is InChI=1S/C20H29N3O5S/c1-6-15-12(3)20(25)23-17(15)10-16-13(4)19(14(5)22-16)11(2)9-18(24)21-7-8-29(26,27)28/h10-11,22H,6-9H2,1-5H3,(H,21,24)(H,23,25)(H,26,27,28)/b17-10-. The van der Waals surface area contributed by atoms with Crippen LogP contribution in [0.5, 0.6) is 0 Å². The highest BCUT2D eigenvalue weighted by molar-refractivity contribution is 7.85. The van der Waals surface area contributed by atoms with Crippen molar-refractivity contribution in [2.24, 2.45) is 0 Å². The summed E-state index contributed by atoms with van der Waals surface area (Å²) < 4.78 is 30.2. The highest BCUT2D eigenvalue weighted by atomic mass is 32.2. The summed E-state index contributed by atoms with van der Waals surface area (Å²) in [5.41, 5.74) is 6.36. The van der Waals surface area contributed by atoms with E-state index in [2.05, 4.69) is 15.6 Å². The van der Waals surface area contributed by atoms with Gasteiger partial charge in [0.15, 0.2) is 0 Å². The maximum absolute atomic E-state index is 12.1. The van der Waals surface area contributed by atoms with Crippen molar-refractivity contribution in [1.29, 1.82) is 0 Å². The molecule has 1 unspecified atom stereocenters. The molecule has 0 bridgehead atoms. The fourth-order valence-corrected chi connectivity index (χ4v) is 4.16. The zero-order chi connectivity index (χ0) is 21.9. The van der Waals surface area contributed by atoms with E-state index in [9.17, 15) is 18.0 Å². The third-order valence-corrected chi connectivity index (χ3v) is 5.93. The molecule has 1 aliphatic heterocycles. The second kappa shape index (κ2) is 8.96. The number of carbonyl (C=O) groups excluding carboxylic acids is 2. The molecule has 160 valence electrons. The van der Waals surface area contributed by atoms with Gasteiger partial charge in [0.05, 0.1) is 5.75 Å². The zero-order valence-corrected chi connectivity index (χ0v) is 18.3. The SMILES string of the molecule is CCC1=C(C)C(=O)N/C1=C\c1[nH]c(C)c(C(C)CC(=O)NCCS(=O)(=O)O)c1C. The van der Waals surface area contributed by atoms with Crippen LogP contribution in [-0.2, 0) is 19.7 Å². The molecule has 1 aromatic rings. The number of aromatic nitrogens is 1. The molecule has 2 rings (SSSR count). The molecular weight excluding hydrogens is 394 g/mol. The van der Waals surface area contributed by atoms with E-state index in [0.717, 1.165) is 45.8 Å². The summed E-state index contributed by atoms with van der Waals surface area (Å²) in [6.07, 6.45) is 2.87. The van der Waals surface area contributed by atoms with Crippen LogP contribution >= 0.6 is 0 Å². The van der Waals surface area contributed by atoms with E-state index in [-0.39, 0.29) is 30.7 Å². The Morgan fingerprint density at radius 1 is 1.28 bits per heavy atom. The van der Waals surface area contributed by atoms with Gasteiger partial charge >= 0.3 is 0 Å². The second-order valence-corrected chi connectivity index (χ2v) is 8.98. The number of hydrogen-bond donors (Lipinski definition) is 4. The van der Waals surface area contributed by atoms with Crippen molar-refractivity contribution >= 4 is 28.0 Å². The van der Waals surface area contributed by atoms with Crippen molar-refractivity contribution in [3.8, 4) is 0 Å². The first-order valence-corrected chi connectivity index (χ1v) is 11.2. The lowest BCUT2D eigenvalue weighted by Crippen LogP contribution is -2.29. The molecule has 0 saturated heterocycles. The normalized spacial score (nSPS) is 17.0. The van der Waals surface area contributed by atoms with Crippen molar-refractivity contribution in [3.63, 3.8) is 0 Å². The molecule has 1 aromatic heterocycles. The number of H-pyrrole nitrogens is 1. The van der Waals surface area contributed by atoms with Crippen molar-refractivity contribution in [3.05, 3.63) is 39.4 Å². The van der Waals surface area contributed by atoms with Gasteiger partial charge in [0, 0.05) is 35.6 Å². The summed E-state index contributed by atoms with van der Waals surface area (Å²) in [6, 6.07) is 0. The maximum Gasteiger partial charge on any atom is 0.266 e. The van der Waals surface area contributed by atoms with Crippen LogP contribution in [0, 0.1) is 13.8 Å². The molecule has 0 aliphatic carbocycles. The Bertz CT molecular complexity index is 986. The maximum atomic E-state index is 12.1. The minimum atomic E-state index is -4.10. The third-order valence-electron chi connectivity index (χ3n) is 5.21. The molecular formula is C20H29N3O5S. The Kier molecular flexibility index (Phi) is 7.07. The predicted octanol–water partition coefficient (Wildman–Crippen LogP) is 2.33. The lowest BCUT2D eigenvalue weighted by molar-refractivity contribution is -0.121. The predicted molar refractivity (Wildman–Crippen MR) is 112 cm³/mol. The summed E-state index contributed by atoms with van der Waals surface area (Å²) in [4.78, 5) is 27.4. The molecule has 2 amide bonds. The van der Waals surface area contributed by atoms with Crippen LogP contribution in [0.3, 0.4) is 0 Å². The van der Waals surface area contributed by atoms with Gasteiger partial charge in [-0.05, 0) is 55.9 Å². The number of aromatic amines is 1. The molecule has 4 N–H and O–H groups in total. The fraction of sp³-hybridized carbons (Fsp3) is 0.500. The molecule has 9 heteroatoms. The van der Waals surface area contributed by atoms with Gasteiger partial charge in [0.2, 0.25) is 5.91 Å². The van der Waals surface area contributed by atoms with Gasteiger partial charge < -0.3 is 15.6 Å². The summed E-state index contributed by atoms with van der Waals surface area (Å²) in [5, 5.41) is 5.41. The minimum absolute atomic E-state index is 0.0795. The number of rotatable bonds is 8. The zero-order valence-electron chi connectivity index (χ0n) is 17.5. The number of carbonyl (C=O) groups is 2. The van der Waals surface area contributed by atoms with Gasteiger partial charge in [0.25, 0.3) is 16.0 Å². The third kappa shape index (κ3) is 5.57. The summed E-state index contributed by atoms with van der Waals surface area (Å²) in [7, 11) is -4.10. The van der Waals surface area contributed by atoms with Crippen molar-refractivity contribution in [2.75, 3.05) is 12.3 Å². The monoisotopic (exact) mass is 423 g/mol. The second-order valence-electron chi connectivity index (χ2n) is 7.41. The van der Waals surface area contributed by atoms with E-state index in [1.807, 2.05) is 40.7 Å². The van der Waals surface area contributed by atoms with E-state index >= 15 is 0 Å². The van der Waals surface area contributed by atoms with Gasteiger partial charge in [-0.3, -0.25) is 14.1 Å². The van der Waals surface area contributed by atoms with E-state index in [0.29, 0.717) is 0 Å². The van der Waals surface area contributed by atoms with Crippen LogP contribution in [-0.4, -0.2) is 42.1 Å². The van der Waals surface area contributed by atoms with Crippen molar-refractivity contribution in [1.82, 2.24) is 15.6 Å². The van der Waals surface area contributed by atoms with Gasteiger partial charge in [-0.2, -0.15) is 8.42 Å². The topological polar surface area (TPSA) is 128 Å². The fourth-order valence-electron chi connectivity index (χ4n) is 3.80. The number of allylic oxidation sites excluding steroid dienone is 1. The van der Waals surface area contributed by atoms with Gasteiger partial charge in [0.1, 0.15) is 0 Å². The van der Waals surface area contributed by atoms with Crippen LogP contribution in [0.4, 0.5) is 0 Å². The van der Waals surface area contributed by atoms with Crippen LogP contribution in [0.25, 0.3) is 6.08 Å². The highest BCUT2D eigenvalue weighted by Gasteiger charge is 2.24. The largest absolute Gasteiger partial charge is 0.359 e. The van der Waals surface area contributed by atoms with Crippen LogP contribution in [0.2, 0.25) is 0 Å². The lowest BCUT2D eigenvalue weighted by atomic mass is 9.93. The molecule has 1 aliphatic rings. The smallest absolute Gasteiger partial charge is 0.266 e. The minimum Gasteiger partial charge on any atom is -0.359 e. The van der Waals surface area contributed by atoms with E-state index in [1.165, 1.54) is 0 Å². The molecule has 2 heterocycles. The Morgan fingerprint density at radius 3 is 2.52 bits per heavy atom. The molecule has 0 saturated carbocycles. The molecule has 1 atom stereocenters. The quantitative estimate of drug-likeness (QED) is 0.477. The van der Waals surface area contributed by atoms with Crippen molar-refractivity contribution < 1.29 is 22.6 Å². The van der Waals surface area contributed by atoms with Crippen LogP contribution in [0.15, 0.2) is 16.8 Å². The molecule has 0 radical (unpaired) electrons. The molecule has 8 nitrogen and oxygen atoms in total.